The van der Waals surface area contributed by atoms with Gasteiger partial charge in [0.15, 0.2) is 0 Å². The molecule has 0 radical (unpaired) electrons. The Hall–Kier alpha value is 0.170. The predicted molar refractivity (Wildman–Crippen MR) is 99.6 cm³/mol. The van der Waals surface area contributed by atoms with Crippen LogP contribution in [0, 0.1) is 23.2 Å². The zero-order chi connectivity index (χ0) is 15.7. The molecule has 0 aromatic rings. The van der Waals surface area contributed by atoms with E-state index in [1.54, 1.807) is 0 Å². The van der Waals surface area contributed by atoms with Crippen LogP contribution >= 0.6 is 12.4 Å². The number of β-amino-alcohol motifs (C(OH)–C–C–N with tert-alkyl or cyclic N) is 1. The molecule has 4 aliphatic carbocycles. The van der Waals surface area contributed by atoms with Gasteiger partial charge in [-0.25, -0.2) is 0 Å². The Morgan fingerprint density at radius 2 is 1.46 bits per heavy atom. The first kappa shape index (κ1) is 18.9. The average Bonchev–Trinajstić information content (AvgIpc) is 2.74. The summed E-state index contributed by atoms with van der Waals surface area (Å²) in [5.41, 5.74) is 0.483. The predicted octanol–water partition coefficient (Wildman–Crippen LogP) is 3.88. The van der Waals surface area contributed by atoms with Crippen LogP contribution in [0.2, 0.25) is 0 Å². The van der Waals surface area contributed by atoms with Gasteiger partial charge in [-0.2, -0.15) is 0 Å². The number of rotatable bonds is 6. The first-order valence-electron chi connectivity index (χ1n) is 10.2. The molecule has 0 aromatic carbocycles. The van der Waals surface area contributed by atoms with Gasteiger partial charge in [0, 0.05) is 6.54 Å². The number of nitrogens with zero attached hydrogens (tertiary/aromatic N) is 1. The van der Waals surface area contributed by atoms with E-state index < -0.39 is 0 Å². The van der Waals surface area contributed by atoms with Crippen LogP contribution in [0.15, 0.2) is 0 Å². The summed E-state index contributed by atoms with van der Waals surface area (Å²) in [5, 5.41) is 10.3. The lowest BCUT2D eigenvalue weighted by Crippen LogP contribution is -2.48. The van der Waals surface area contributed by atoms with Gasteiger partial charge >= 0.3 is 0 Å². The lowest BCUT2D eigenvalue weighted by molar-refractivity contribution is -0.107. The van der Waals surface area contributed by atoms with Crippen LogP contribution in [0.25, 0.3) is 0 Å². The van der Waals surface area contributed by atoms with E-state index in [-0.39, 0.29) is 18.5 Å². The Labute approximate surface area is 153 Å². The van der Waals surface area contributed by atoms with E-state index in [4.69, 9.17) is 4.74 Å². The second-order valence-corrected chi connectivity index (χ2v) is 9.30. The topological polar surface area (TPSA) is 32.7 Å². The quantitative estimate of drug-likeness (QED) is 0.783. The van der Waals surface area contributed by atoms with Gasteiger partial charge in [-0.15, -0.1) is 12.4 Å². The molecule has 1 saturated heterocycles. The molecule has 0 amide bonds. The number of hydrogen-bond acceptors (Lipinski definition) is 3. The van der Waals surface area contributed by atoms with Crippen molar-refractivity contribution in [3.8, 4) is 0 Å². The molecule has 1 atom stereocenters. The minimum Gasteiger partial charge on any atom is -0.389 e. The molecule has 4 bridgehead atoms. The second-order valence-electron chi connectivity index (χ2n) is 9.30. The molecule has 5 aliphatic rings. The Bertz CT molecular complexity index is 360. The summed E-state index contributed by atoms with van der Waals surface area (Å²) in [6.45, 7) is 4.57. The fraction of sp³-hybridized carbons (Fsp3) is 1.00. The summed E-state index contributed by atoms with van der Waals surface area (Å²) in [6, 6.07) is 0. The Balaban J connectivity index is 0.00000169. The largest absolute Gasteiger partial charge is 0.389 e. The third kappa shape index (κ3) is 4.47. The minimum absolute atomic E-state index is 0. The normalized spacial score (nSPS) is 40.1. The van der Waals surface area contributed by atoms with E-state index in [0.29, 0.717) is 12.0 Å². The summed E-state index contributed by atoms with van der Waals surface area (Å²) in [4.78, 5) is 2.44. The third-order valence-corrected chi connectivity index (χ3v) is 7.05. The molecule has 5 rings (SSSR count). The summed E-state index contributed by atoms with van der Waals surface area (Å²) in [6.07, 6.45) is 13.7. The highest BCUT2D eigenvalue weighted by atomic mass is 35.5. The molecule has 1 N–H and O–H groups in total. The van der Waals surface area contributed by atoms with Crippen LogP contribution in [-0.4, -0.2) is 49.0 Å². The van der Waals surface area contributed by atoms with Crippen LogP contribution in [-0.2, 0) is 4.74 Å². The van der Waals surface area contributed by atoms with Crippen molar-refractivity contribution in [1.29, 1.82) is 0 Å². The van der Waals surface area contributed by atoms with Gasteiger partial charge < -0.3 is 14.7 Å². The summed E-state index contributed by atoms with van der Waals surface area (Å²) < 4.78 is 6.08. The number of aliphatic hydroxyl groups is 1. The van der Waals surface area contributed by atoms with E-state index in [2.05, 4.69) is 4.90 Å². The number of hydrogen-bond donors (Lipinski definition) is 1. The highest BCUT2D eigenvalue weighted by Crippen LogP contribution is 2.60. The van der Waals surface area contributed by atoms with Gasteiger partial charge in [0.25, 0.3) is 0 Å². The number of likely N-dealkylation sites (tertiary alicyclic amines) is 1. The monoisotopic (exact) mass is 357 g/mol. The van der Waals surface area contributed by atoms with Crippen molar-refractivity contribution >= 4 is 12.4 Å². The van der Waals surface area contributed by atoms with E-state index in [1.165, 1.54) is 64.2 Å². The molecule has 5 fully saturated rings. The maximum atomic E-state index is 10.3. The molecule has 3 nitrogen and oxygen atoms in total. The molecular weight excluding hydrogens is 322 g/mol. The molecule has 4 saturated carbocycles. The van der Waals surface area contributed by atoms with Crippen molar-refractivity contribution < 1.29 is 9.84 Å². The van der Waals surface area contributed by atoms with Crippen molar-refractivity contribution in [2.45, 2.75) is 70.3 Å². The number of ether oxygens (including phenoxy) is 1. The maximum absolute atomic E-state index is 10.3. The zero-order valence-electron chi connectivity index (χ0n) is 15.1. The van der Waals surface area contributed by atoms with E-state index in [1.807, 2.05) is 0 Å². The number of halogens is 1. The summed E-state index contributed by atoms with van der Waals surface area (Å²) in [7, 11) is 0. The summed E-state index contributed by atoms with van der Waals surface area (Å²) >= 11 is 0. The van der Waals surface area contributed by atoms with Crippen LogP contribution < -0.4 is 0 Å². The van der Waals surface area contributed by atoms with Gasteiger partial charge in [0.1, 0.15) is 0 Å². The highest BCUT2D eigenvalue weighted by molar-refractivity contribution is 5.85. The van der Waals surface area contributed by atoms with Gasteiger partial charge in [-0.1, -0.05) is 12.8 Å². The van der Waals surface area contributed by atoms with Crippen molar-refractivity contribution in [3.63, 3.8) is 0 Å². The standard InChI is InChI=1S/C20H35NO2.ClH/c22-19(13-21-5-3-1-2-4-6-21)14-23-15-20-10-16-7-17(11-20)9-18(8-16)12-20;/h16-19,22H,1-15H2;1H. The van der Waals surface area contributed by atoms with E-state index in [0.717, 1.165) is 44.0 Å². The maximum Gasteiger partial charge on any atom is 0.0900 e. The van der Waals surface area contributed by atoms with E-state index in [9.17, 15) is 5.11 Å². The molecular formula is C20H36ClNO2. The minimum atomic E-state index is -0.304. The Morgan fingerprint density at radius 1 is 0.917 bits per heavy atom. The zero-order valence-corrected chi connectivity index (χ0v) is 15.9. The lowest BCUT2D eigenvalue weighted by atomic mass is 9.50. The first-order valence-corrected chi connectivity index (χ1v) is 10.2. The Kier molecular flexibility index (Phi) is 6.51. The van der Waals surface area contributed by atoms with Crippen molar-refractivity contribution in [2.24, 2.45) is 23.2 Å². The smallest absolute Gasteiger partial charge is 0.0900 e. The molecule has 0 spiro atoms. The van der Waals surface area contributed by atoms with Crippen molar-refractivity contribution in [2.75, 3.05) is 32.8 Å². The van der Waals surface area contributed by atoms with Crippen LogP contribution in [0.3, 0.4) is 0 Å². The van der Waals surface area contributed by atoms with Crippen molar-refractivity contribution in [3.05, 3.63) is 0 Å². The molecule has 140 valence electrons. The fourth-order valence-corrected chi connectivity index (χ4v) is 6.55. The SMILES string of the molecule is Cl.OC(COCC12CC3CC(CC(C3)C1)C2)CN1CCCCCC1. The van der Waals surface area contributed by atoms with Gasteiger partial charge in [0.2, 0.25) is 0 Å². The number of aliphatic hydroxyl groups excluding tert-OH is 1. The lowest BCUT2D eigenvalue weighted by Gasteiger charge is -2.56. The second kappa shape index (κ2) is 8.24. The van der Waals surface area contributed by atoms with Crippen LogP contribution in [0.5, 0.6) is 0 Å². The molecule has 0 aromatic heterocycles. The molecule has 1 unspecified atom stereocenters. The van der Waals surface area contributed by atoms with E-state index >= 15 is 0 Å². The van der Waals surface area contributed by atoms with Crippen LogP contribution in [0.1, 0.15) is 64.2 Å². The van der Waals surface area contributed by atoms with Gasteiger partial charge in [0.05, 0.1) is 19.3 Å². The fourth-order valence-electron chi connectivity index (χ4n) is 6.55. The Morgan fingerprint density at radius 3 is 2.00 bits per heavy atom. The molecule has 24 heavy (non-hydrogen) atoms. The van der Waals surface area contributed by atoms with Crippen molar-refractivity contribution in [1.82, 2.24) is 4.90 Å². The summed E-state index contributed by atoms with van der Waals surface area (Å²) in [5.74, 6) is 2.98. The van der Waals surface area contributed by atoms with Gasteiger partial charge in [-0.3, -0.25) is 0 Å². The van der Waals surface area contributed by atoms with Gasteiger partial charge in [-0.05, 0) is 87.6 Å². The molecule has 4 heteroatoms. The average molecular weight is 358 g/mol. The molecule has 1 aliphatic heterocycles. The third-order valence-electron chi connectivity index (χ3n) is 7.05. The molecule has 1 heterocycles. The highest BCUT2D eigenvalue weighted by Gasteiger charge is 2.50. The van der Waals surface area contributed by atoms with Crippen LogP contribution in [0.4, 0.5) is 0 Å². The first-order chi connectivity index (χ1) is 11.2.